The van der Waals surface area contributed by atoms with Crippen LogP contribution >= 0.6 is 0 Å². The maximum absolute atomic E-state index is 12.2. The molecular weight excluding hydrogens is 244 g/mol. The van der Waals surface area contributed by atoms with Crippen LogP contribution in [0.4, 0.5) is 8.78 Å². The molecule has 1 amide bonds. The fourth-order valence-corrected chi connectivity index (χ4v) is 1.76. The molecule has 18 heavy (non-hydrogen) atoms. The van der Waals surface area contributed by atoms with Crippen LogP contribution < -0.4 is 5.32 Å². The van der Waals surface area contributed by atoms with E-state index in [1.165, 1.54) is 0 Å². The average Bonchev–Trinajstić information content (AvgIpc) is 2.23. The Bertz CT molecular complexity index is 282. The van der Waals surface area contributed by atoms with Crippen LogP contribution in [0.5, 0.6) is 0 Å². The molecule has 2 N–H and O–H groups in total. The van der Waals surface area contributed by atoms with Gasteiger partial charge in [0, 0.05) is 12.3 Å². The minimum absolute atomic E-state index is 0.0472. The normalized spacial score (nSPS) is 14.6. The first-order valence-corrected chi connectivity index (χ1v) is 6.10. The predicted octanol–water partition coefficient (Wildman–Crippen LogP) is 2.28. The number of carboxylic acids is 1. The van der Waals surface area contributed by atoms with E-state index in [0.717, 1.165) is 6.42 Å². The number of rotatable bonds is 8. The minimum atomic E-state index is -2.75. The standard InChI is InChI=1S/C12H21F2NO3/c1-4-5-8(7(2)3)11(16)15-9(12(17)18)6-10(13)14/h7-10H,4-6H2,1-3H3,(H,15,16)(H,17,18). The molecule has 0 fully saturated rings. The van der Waals surface area contributed by atoms with Crippen molar-refractivity contribution in [3.8, 4) is 0 Å². The van der Waals surface area contributed by atoms with Crippen molar-refractivity contribution in [2.24, 2.45) is 11.8 Å². The highest BCUT2D eigenvalue weighted by molar-refractivity contribution is 5.85. The summed E-state index contributed by atoms with van der Waals surface area (Å²) in [7, 11) is 0. The van der Waals surface area contributed by atoms with Crippen molar-refractivity contribution < 1.29 is 23.5 Å². The number of carboxylic acid groups (broad SMARTS) is 1. The van der Waals surface area contributed by atoms with E-state index >= 15 is 0 Å². The summed E-state index contributed by atoms with van der Waals surface area (Å²) >= 11 is 0. The van der Waals surface area contributed by atoms with Crippen molar-refractivity contribution in [2.75, 3.05) is 0 Å². The molecule has 6 heteroatoms. The zero-order valence-electron chi connectivity index (χ0n) is 11.0. The van der Waals surface area contributed by atoms with E-state index in [2.05, 4.69) is 5.32 Å². The van der Waals surface area contributed by atoms with Gasteiger partial charge >= 0.3 is 5.97 Å². The Morgan fingerprint density at radius 1 is 1.28 bits per heavy atom. The zero-order chi connectivity index (χ0) is 14.3. The number of amides is 1. The van der Waals surface area contributed by atoms with Crippen LogP contribution in [-0.2, 0) is 9.59 Å². The van der Waals surface area contributed by atoms with Gasteiger partial charge in [0.05, 0.1) is 0 Å². The molecule has 0 aliphatic heterocycles. The topological polar surface area (TPSA) is 66.4 Å². The van der Waals surface area contributed by atoms with Gasteiger partial charge in [0.25, 0.3) is 0 Å². The Morgan fingerprint density at radius 3 is 2.17 bits per heavy atom. The van der Waals surface area contributed by atoms with Crippen molar-refractivity contribution in [2.45, 2.75) is 52.5 Å². The number of carbonyl (C=O) groups is 2. The molecule has 2 atom stereocenters. The molecule has 4 nitrogen and oxygen atoms in total. The summed E-state index contributed by atoms with van der Waals surface area (Å²) in [4.78, 5) is 22.6. The summed E-state index contributed by atoms with van der Waals surface area (Å²) in [5.41, 5.74) is 0. The van der Waals surface area contributed by atoms with Gasteiger partial charge in [-0.15, -0.1) is 0 Å². The molecule has 0 aliphatic rings. The number of alkyl halides is 2. The average molecular weight is 265 g/mol. The van der Waals surface area contributed by atoms with Crippen molar-refractivity contribution >= 4 is 11.9 Å². The molecule has 106 valence electrons. The van der Waals surface area contributed by atoms with E-state index < -0.39 is 30.8 Å². The second kappa shape index (κ2) is 8.00. The maximum Gasteiger partial charge on any atom is 0.326 e. The quantitative estimate of drug-likeness (QED) is 0.707. The van der Waals surface area contributed by atoms with Crippen LogP contribution in [0.15, 0.2) is 0 Å². The molecule has 0 bridgehead atoms. The predicted molar refractivity (Wildman–Crippen MR) is 63.4 cm³/mol. The summed E-state index contributed by atoms with van der Waals surface area (Å²) in [6.45, 7) is 5.61. The third kappa shape index (κ3) is 5.93. The number of carbonyl (C=O) groups excluding carboxylic acids is 1. The Hall–Kier alpha value is -1.20. The van der Waals surface area contributed by atoms with Gasteiger partial charge in [0.15, 0.2) is 0 Å². The molecule has 0 spiro atoms. The van der Waals surface area contributed by atoms with Crippen molar-refractivity contribution in [3.63, 3.8) is 0 Å². The smallest absolute Gasteiger partial charge is 0.326 e. The molecular formula is C12H21F2NO3. The molecule has 0 aliphatic carbocycles. The van der Waals surface area contributed by atoms with E-state index in [1.54, 1.807) is 0 Å². The maximum atomic E-state index is 12.2. The highest BCUT2D eigenvalue weighted by Gasteiger charge is 2.28. The third-order valence-electron chi connectivity index (χ3n) is 2.77. The van der Waals surface area contributed by atoms with Crippen LogP contribution in [-0.4, -0.2) is 29.5 Å². The zero-order valence-corrected chi connectivity index (χ0v) is 11.0. The van der Waals surface area contributed by atoms with Crippen molar-refractivity contribution in [1.82, 2.24) is 5.32 Å². The lowest BCUT2D eigenvalue weighted by atomic mass is 9.90. The highest BCUT2D eigenvalue weighted by Crippen LogP contribution is 2.18. The summed E-state index contributed by atoms with van der Waals surface area (Å²) < 4.78 is 24.4. The third-order valence-corrected chi connectivity index (χ3v) is 2.77. The second-order valence-electron chi connectivity index (χ2n) is 4.67. The van der Waals surface area contributed by atoms with E-state index in [1.807, 2.05) is 20.8 Å². The lowest BCUT2D eigenvalue weighted by Crippen LogP contribution is -2.45. The first kappa shape index (κ1) is 16.8. The van der Waals surface area contributed by atoms with Crippen molar-refractivity contribution in [3.05, 3.63) is 0 Å². The number of nitrogens with one attached hydrogen (secondary N) is 1. The largest absolute Gasteiger partial charge is 0.480 e. The molecule has 0 aromatic carbocycles. The molecule has 0 aromatic heterocycles. The molecule has 0 saturated carbocycles. The lowest BCUT2D eigenvalue weighted by Gasteiger charge is -2.22. The van der Waals surface area contributed by atoms with Crippen LogP contribution in [0.25, 0.3) is 0 Å². The molecule has 0 aromatic rings. The number of hydrogen-bond acceptors (Lipinski definition) is 2. The van der Waals surface area contributed by atoms with Crippen LogP contribution in [0, 0.1) is 11.8 Å². The number of hydrogen-bond donors (Lipinski definition) is 2. The lowest BCUT2D eigenvalue weighted by molar-refractivity contribution is -0.144. The first-order valence-electron chi connectivity index (χ1n) is 6.10. The molecule has 2 unspecified atom stereocenters. The van der Waals surface area contributed by atoms with E-state index in [-0.39, 0.29) is 11.8 Å². The van der Waals surface area contributed by atoms with Crippen LogP contribution in [0.2, 0.25) is 0 Å². The number of halogens is 2. The van der Waals surface area contributed by atoms with Crippen molar-refractivity contribution in [1.29, 1.82) is 0 Å². The highest BCUT2D eigenvalue weighted by atomic mass is 19.3. The van der Waals surface area contributed by atoms with Gasteiger partial charge in [-0.05, 0) is 12.3 Å². The van der Waals surface area contributed by atoms with Gasteiger partial charge in [-0.1, -0.05) is 27.2 Å². The molecule has 0 saturated heterocycles. The monoisotopic (exact) mass is 265 g/mol. The van der Waals surface area contributed by atoms with Gasteiger partial charge in [-0.2, -0.15) is 0 Å². The van der Waals surface area contributed by atoms with E-state index in [4.69, 9.17) is 5.11 Å². The van der Waals surface area contributed by atoms with Gasteiger partial charge in [0.2, 0.25) is 12.3 Å². The number of aliphatic carboxylic acids is 1. The van der Waals surface area contributed by atoms with Gasteiger partial charge in [-0.3, -0.25) is 4.79 Å². The molecule has 0 rings (SSSR count). The summed E-state index contributed by atoms with van der Waals surface area (Å²) in [5.74, 6) is -2.18. The van der Waals surface area contributed by atoms with Gasteiger partial charge < -0.3 is 10.4 Å². The molecule has 0 radical (unpaired) electrons. The Balaban J connectivity index is 4.60. The van der Waals surface area contributed by atoms with Gasteiger partial charge in [0.1, 0.15) is 6.04 Å². The molecule has 0 heterocycles. The van der Waals surface area contributed by atoms with E-state index in [9.17, 15) is 18.4 Å². The summed E-state index contributed by atoms with van der Waals surface area (Å²) in [6, 6.07) is -1.52. The Kier molecular flexibility index (Phi) is 7.47. The second-order valence-corrected chi connectivity index (χ2v) is 4.67. The fraction of sp³-hybridized carbons (Fsp3) is 0.833. The minimum Gasteiger partial charge on any atom is -0.480 e. The Labute approximate surface area is 106 Å². The Morgan fingerprint density at radius 2 is 1.83 bits per heavy atom. The SMILES string of the molecule is CCCC(C(=O)NC(CC(F)F)C(=O)O)C(C)C. The van der Waals surface area contributed by atoms with Crippen LogP contribution in [0.3, 0.4) is 0 Å². The summed E-state index contributed by atoms with van der Waals surface area (Å²) in [5, 5.41) is 11.0. The van der Waals surface area contributed by atoms with E-state index in [0.29, 0.717) is 6.42 Å². The first-order chi connectivity index (χ1) is 8.29. The summed E-state index contributed by atoms with van der Waals surface area (Å²) in [6.07, 6.45) is -2.22. The fourth-order valence-electron chi connectivity index (χ4n) is 1.76. The van der Waals surface area contributed by atoms with Crippen LogP contribution in [0.1, 0.15) is 40.0 Å². The van der Waals surface area contributed by atoms with Gasteiger partial charge in [-0.25, -0.2) is 13.6 Å².